The molecule has 10 heteroatoms. The van der Waals surface area contributed by atoms with E-state index in [4.69, 9.17) is 4.74 Å². The molecule has 1 fully saturated rings. The van der Waals surface area contributed by atoms with Gasteiger partial charge < -0.3 is 10.1 Å². The first-order valence-electron chi connectivity index (χ1n) is 8.62. The number of hydrogen-bond donors (Lipinski definition) is 2. The Morgan fingerprint density at radius 1 is 1.21 bits per heavy atom. The number of non-ortho nitro benzene ring substituents is 1. The van der Waals surface area contributed by atoms with Crippen LogP contribution < -0.4 is 15.5 Å². The highest BCUT2D eigenvalue weighted by molar-refractivity contribution is 6.08. The Morgan fingerprint density at radius 2 is 1.86 bits per heavy atom. The zero-order valence-electron chi connectivity index (χ0n) is 15.7. The topological polar surface area (TPSA) is 131 Å². The molecule has 0 aliphatic carbocycles. The van der Waals surface area contributed by atoms with Crippen LogP contribution in [0, 0.1) is 17.0 Å². The lowest BCUT2D eigenvalue weighted by molar-refractivity contribution is -0.384. The summed E-state index contributed by atoms with van der Waals surface area (Å²) in [5.41, 5.74) is 1.78. The molecule has 0 unspecified atom stereocenters. The summed E-state index contributed by atoms with van der Waals surface area (Å²) >= 11 is 0. The molecule has 1 aliphatic rings. The standard InChI is InChI=1S/C19H18N4O6/c1-12-5-3-4-6-15(12)29-11-16(24)21-22-17(25)19(2,20-18(22)26)13-7-9-14(10-8-13)23(27)28/h3-10H,11H2,1-2H3,(H,20,26)(H,21,24)/t19-/m0/s1. The van der Waals surface area contributed by atoms with Gasteiger partial charge in [-0.15, -0.1) is 0 Å². The molecule has 1 heterocycles. The SMILES string of the molecule is Cc1ccccc1OCC(=O)NN1C(=O)N[C@@](C)(c2ccc([N+](=O)[O-])cc2)C1=O. The number of carbonyl (C=O) groups excluding carboxylic acids is 3. The van der Waals surface area contributed by atoms with Crippen molar-refractivity contribution in [2.75, 3.05) is 6.61 Å². The fraction of sp³-hybridized carbons (Fsp3) is 0.211. The number of nitrogens with zero attached hydrogens (tertiary/aromatic N) is 2. The molecule has 1 aliphatic heterocycles. The molecule has 0 radical (unpaired) electrons. The molecule has 0 aromatic heterocycles. The number of para-hydroxylation sites is 1. The molecule has 29 heavy (non-hydrogen) atoms. The normalized spacial score (nSPS) is 18.3. The van der Waals surface area contributed by atoms with Crippen LogP contribution in [0.4, 0.5) is 10.5 Å². The van der Waals surface area contributed by atoms with Gasteiger partial charge in [0.05, 0.1) is 4.92 Å². The third-order valence-corrected chi connectivity index (χ3v) is 4.54. The van der Waals surface area contributed by atoms with Crippen molar-refractivity contribution in [2.45, 2.75) is 19.4 Å². The van der Waals surface area contributed by atoms with Crippen molar-refractivity contribution in [3.63, 3.8) is 0 Å². The van der Waals surface area contributed by atoms with E-state index < -0.39 is 34.9 Å². The number of rotatable bonds is 6. The fourth-order valence-electron chi connectivity index (χ4n) is 2.87. The van der Waals surface area contributed by atoms with Crippen LogP contribution in [0.5, 0.6) is 5.75 Å². The maximum Gasteiger partial charge on any atom is 0.344 e. The summed E-state index contributed by atoms with van der Waals surface area (Å²) < 4.78 is 5.41. The molecule has 1 saturated heterocycles. The lowest BCUT2D eigenvalue weighted by Gasteiger charge is -2.22. The molecule has 3 rings (SSSR count). The van der Waals surface area contributed by atoms with Gasteiger partial charge in [0.2, 0.25) is 0 Å². The molecule has 1 atom stereocenters. The van der Waals surface area contributed by atoms with Gasteiger partial charge in [-0.05, 0) is 43.2 Å². The molecule has 150 valence electrons. The molecule has 0 saturated carbocycles. The Kier molecular flexibility index (Phi) is 5.18. The van der Waals surface area contributed by atoms with E-state index in [9.17, 15) is 24.5 Å². The van der Waals surface area contributed by atoms with Gasteiger partial charge in [-0.3, -0.25) is 25.1 Å². The molecule has 10 nitrogen and oxygen atoms in total. The Bertz CT molecular complexity index is 990. The quantitative estimate of drug-likeness (QED) is 0.433. The van der Waals surface area contributed by atoms with Crippen LogP contribution in [0.2, 0.25) is 0 Å². The molecule has 2 aromatic carbocycles. The highest BCUT2D eigenvalue weighted by Gasteiger charge is 2.50. The van der Waals surface area contributed by atoms with Crippen molar-refractivity contribution in [3.05, 3.63) is 69.8 Å². The first kappa shape index (κ1) is 19.8. The molecular formula is C19H18N4O6. The zero-order valence-corrected chi connectivity index (χ0v) is 15.7. The van der Waals surface area contributed by atoms with E-state index in [0.29, 0.717) is 16.3 Å². The second-order valence-corrected chi connectivity index (χ2v) is 6.59. The number of nitrogens with one attached hydrogen (secondary N) is 2. The van der Waals surface area contributed by atoms with Crippen LogP contribution in [-0.4, -0.2) is 34.4 Å². The summed E-state index contributed by atoms with van der Waals surface area (Å²) in [6.45, 7) is 2.88. The number of ether oxygens (including phenoxy) is 1. The Hall–Kier alpha value is -3.95. The van der Waals surface area contributed by atoms with Crippen LogP contribution in [0.15, 0.2) is 48.5 Å². The predicted molar refractivity (Wildman–Crippen MR) is 101 cm³/mol. The average molecular weight is 398 g/mol. The molecule has 0 bridgehead atoms. The van der Waals surface area contributed by atoms with Gasteiger partial charge in [-0.2, -0.15) is 5.01 Å². The molecule has 2 aromatic rings. The van der Waals surface area contributed by atoms with Crippen LogP contribution in [0.25, 0.3) is 0 Å². The van der Waals surface area contributed by atoms with Crippen LogP contribution in [-0.2, 0) is 15.1 Å². The molecule has 2 N–H and O–H groups in total. The summed E-state index contributed by atoms with van der Waals surface area (Å²) in [5, 5.41) is 13.9. The van der Waals surface area contributed by atoms with Gasteiger partial charge in [-0.1, -0.05) is 18.2 Å². The zero-order chi connectivity index (χ0) is 21.2. The Morgan fingerprint density at radius 3 is 2.48 bits per heavy atom. The van der Waals surface area contributed by atoms with Gasteiger partial charge in [0.25, 0.3) is 17.5 Å². The van der Waals surface area contributed by atoms with Gasteiger partial charge >= 0.3 is 6.03 Å². The number of imide groups is 1. The van der Waals surface area contributed by atoms with Crippen LogP contribution in [0.1, 0.15) is 18.1 Å². The maximum absolute atomic E-state index is 12.8. The predicted octanol–water partition coefficient (Wildman–Crippen LogP) is 1.78. The minimum Gasteiger partial charge on any atom is -0.483 e. The van der Waals surface area contributed by atoms with E-state index in [1.54, 1.807) is 12.1 Å². The van der Waals surface area contributed by atoms with E-state index in [-0.39, 0.29) is 5.69 Å². The second-order valence-electron chi connectivity index (χ2n) is 6.59. The van der Waals surface area contributed by atoms with E-state index in [2.05, 4.69) is 10.7 Å². The monoisotopic (exact) mass is 398 g/mol. The lowest BCUT2D eigenvalue weighted by Crippen LogP contribution is -2.49. The largest absolute Gasteiger partial charge is 0.483 e. The van der Waals surface area contributed by atoms with Crippen LogP contribution >= 0.6 is 0 Å². The van der Waals surface area contributed by atoms with Crippen molar-refractivity contribution < 1.29 is 24.0 Å². The Balaban J connectivity index is 1.69. The number of aryl methyl sites for hydroxylation is 1. The minimum atomic E-state index is -1.48. The van der Waals surface area contributed by atoms with Gasteiger partial charge in [0.15, 0.2) is 6.61 Å². The van der Waals surface area contributed by atoms with E-state index in [1.807, 2.05) is 19.1 Å². The number of urea groups is 1. The molecule has 0 spiro atoms. The first-order valence-corrected chi connectivity index (χ1v) is 8.62. The number of hydrazine groups is 1. The summed E-state index contributed by atoms with van der Waals surface area (Å²) in [6, 6.07) is 11.5. The third kappa shape index (κ3) is 3.86. The van der Waals surface area contributed by atoms with Crippen molar-refractivity contribution in [3.8, 4) is 5.75 Å². The lowest BCUT2D eigenvalue weighted by atomic mass is 9.92. The summed E-state index contributed by atoms with van der Waals surface area (Å²) in [4.78, 5) is 47.4. The van der Waals surface area contributed by atoms with Crippen molar-refractivity contribution in [1.82, 2.24) is 15.8 Å². The number of nitro benzene ring substituents is 1. The summed E-state index contributed by atoms with van der Waals surface area (Å²) in [7, 11) is 0. The van der Waals surface area contributed by atoms with E-state index in [1.165, 1.54) is 31.2 Å². The number of nitro groups is 1. The average Bonchev–Trinajstić information content (AvgIpc) is 2.91. The minimum absolute atomic E-state index is 0.146. The van der Waals surface area contributed by atoms with Crippen molar-refractivity contribution in [2.24, 2.45) is 0 Å². The fourth-order valence-corrected chi connectivity index (χ4v) is 2.87. The van der Waals surface area contributed by atoms with Gasteiger partial charge in [0.1, 0.15) is 11.3 Å². The summed E-state index contributed by atoms with van der Waals surface area (Å²) in [5.74, 6) is -0.902. The first-order chi connectivity index (χ1) is 13.7. The summed E-state index contributed by atoms with van der Waals surface area (Å²) in [6.07, 6.45) is 0. The third-order valence-electron chi connectivity index (χ3n) is 4.54. The smallest absolute Gasteiger partial charge is 0.344 e. The second kappa shape index (κ2) is 7.58. The van der Waals surface area contributed by atoms with Gasteiger partial charge in [0, 0.05) is 12.1 Å². The highest BCUT2D eigenvalue weighted by Crippen LogP contribution is 2.29. The number of carbonyl (C=O) groups is 3. The van der Waals surface area contributed by atoms with E-state index >= 15 is 0 Å². The number of amides is 4. The van der Waals surface area contributed by atoms with Crippen molar-refractivity contribution in [1.29, 1.82) is 0 Å². The van der Waals surface area contributed by atoms with Crippen LogP contribution in [0.3, 0.4) is 0 Å². The van der Waals surface area contributed by atoms with Crippen molar-refractivity contribution >= 4 is 23.5 Å². The Labute approximate surface area is 165 Å². The van der Waals surface area contributed by atoms with Gasteiger partial charge in [-0.25, -0.2) is 4.79 Å². The highest BCUT2D eigenvalue weighted by atomic mass is 16.6. The number of hydrogen-bond acceptors (Lipinski definition) is 6. The number of benzene rings is 2. The maximum atomic E-state index is 12.8. The van der Waals surface area contributed by atoms with E-state index in [0.717, 1.165) is 5.56 Å². The molecular weight excluding hydrogens is 380 g/mol. The molecule has 4 amide bonds.